The Labute approximate surface area is 196 Å². The molecule has 1 N–H and O–H groups in total. The molecule has 0 aromatic heterocycles. The first kappa shape index (κ1) is 21.7. The van der Waals surface area contributed by atoms with Gasteiger partial charge in [-0.05, 0) is 92.8 Å². The topological polar surface area (TPSA) is 32.7 Å². The van der Waals surface area contributed by atoms with Gasteiger partial charge >= 0.3 is 0 Å². The minimum atomic E-state index is -0.523. The van der Waals surface area contributed by atoms with Gasteiger partial charge in [-0.3, -0.25) is 0 Å². The van der Waals surface area contributed by atoms with Crippen molar-refractivity contribution in [2.75, 3.05) is 24.6 Å². The van der Waals surface area contributed by atoms with E-state index in [0.717, 1.165) is 56.0 Å². The van der Waals surface area contributed by atoms with Crippen LogP contribution in [0.3, 0.4) is 0 Å². The Kier molecular flexibility index (Phi) is 5.86. The van der Waals surface area contributed by atoms with Crippen LogP contribution in [-0.4, -0.2) is 30.9 Å². The minimum absolute atomic E-state index is 0.0494. The van der Waals surface area contributed by atoms with Crippen molar-refractivity contribution >= 4 is 17.3 Å². The van der Waals surface area contributed by atoms with Gasteiger partial charge in [0.25, 0.3) is 0 Å². The van der Waals surface area contributed by atoms with Crippen LogP contribution in [0.25, 0.3) is 0 Å². The Morgan fingerprint density at radius 2 is 2.12 bits per heavy atom. The highest BCUT2D eigenvalue weighted by Gasteiger charge is 2.44. The fraction of sp³-hybridized carbons (Fsp3) is 0.500. The minimum Gasteiger partial charge on any atom is -0.490 e. The second-order valence-electron chi connectivity index (χ2n) is 9.92. The summed E-state index contributed by atoms with van der Waals surface area (Å²) < 4.78 is 6.51. The molecular weight excluding hydrogens is 418 g/mol. The monoisotopic (exact) mass is 449 g/mol. The van der Waals surface area contributed by atoms with Crippen molar-refractivity contribution in [3.63, 3.8) is 0 Å². The number of anilines is 1. The molecule has 1 fully saturated rings. The fourth-order valence-corrected chi connectivity index (χ4v) is 6.19. The van der Waals surface area contributed by atoms with Crippen LogP contribution >= 0.6 is 11.6 Å². The SMILES string of the molecule is CC#C[C@@H](O)[C@@H]1CC[C@H]1CN1C[C@@]2(CCCc3cc(Cl)ccc32)COc2ccc(C)cc21. The molecule has 32 heavy (non-hydrogen) atoms. The number of ether oxygens (including phenoxy) is 1. The lowest BCUT2D eigenvalue weighted by molar-refractivity contribution is 0.0515. The Morgan fingerprint density at radius 1 is 1.25 bits per heavy atom. The van der Waals surface area contributed by atoms with Gasteiger partial charge in [0.2, 0.25) is 0 Å². The molecule has 4 heteroatoms. The maximum absolute atomic E-state index is 10.5. The summed E-state index contributed by atoms with van der Waals surface area (Å²) in [5, 5.41) is 11.3. The molecule has 0 radical (unpaired) electrons. The smallest absolute Gasteiger partial charge is 0.142 e. The van der Waals surface area contributed by atoms with E-state index >= 15 is 0 Å². The van der Waals surface area contributed by atoms with E-state index in [1.54, 1.807) is 6.92 Å². The summed E-state index contributed by atoms with van der Waals surface area (Å²) in [4.78, 5) is 2.54. The molecule has 2 aromatic carbocycles. The summed E-state index contributed by atoms with van der Waals surface area (Å²) in [5.74, 6) is 7.55. The highest BCUT2D eigenvalue weighted by Crippen LogP contribution is 2.46. The first-order valence-corrected chi connectivity index (χ1v) is 12.2. The van der Waals surface area contributed by atoms with Crippen molar-refractivity contribution in [1.82, 2.24) is 0 Å². The van der Waals surface area contributed by atoms with Gasteiger partial charge in [-0.1, -0.05) is 29.7 Å². The number of fused-ring (bicyclic) bond motifs is 3. The van der Waals surface area contributed by atoms with E-state index in [4.69, 9.17) is 16.3 Å². The van der Waals surface area contributed by atoms with E-state index in [0.29, 0.717) is 12.5 Å². The second kappa shape index (κ2) is 8.65. The van der Waals surface area contributed by atoms with E-state index in [9.17, 15) is 5.11 Å². The van der Waals surface area contributed by atoms with E-state index in [1.807, 2.05) is 6.07 Å². The van der Waals surface area contributed by atoms with Crippen LogP contribution in [0.15, 0.2) is 36.4 Å². The molecule has 0 bridgehead atoms. The van der Waals surface area contributed by atoms with Crippen molar-refractivity contribution < 1.29 is 9.84 Å². The normalized spacial score (nSPS) is 27.2. The van der Waals surface area contributed by atoms with Crippen LogP contribution in [0.5, 0.6) is 5.75 Å². The Hall–Kier alpha value is -2.15. The predicted octanol–water partition coefficient (Wildman–Crippen LogP) is 5.53. The van der Waals surface area contributed by atoms with Crippen molar-refractivity contribution in [3.05, 3.63) is 58.1 Å². The molecular formula is C28H32ClNO2. The van der Waals surface area contributed by atoms with Gasteiger partial charge in [0.1, 0.15) is 11.9 Å². The number of halogens is 1. The quantitative estimate of drug-likeness (QED) is 0.625. The zero-order valence-electron chi connectivity index (χ0n) is 19.0. The molecule has 3 nitrogen and oxygen atoms in total. The lowest BCUT2D eigenvalue weighted by Crippen LogP contribution is -2.49. The predicted molar refractivity (Wildman–Crippen MR) is 131 cm³/mol. The molecule has 1 saturated carbocycles. The summed E-state index contributed by atoms with van der Waals surface area (Å²) in [6.07, 6.45) is 5.02. The third-order valence-electron chi connectivity index (χ3n) is 7.82. The summed E-state index contributed by atoms with van der Waals surface area (Å²) in [5.41, 5.74) is 5.14. The van der Waals surface area contributed by atoms with Crippen LogP contribution in [0, 0.1) is 30.6 Å². The van der Waals surface area contributed by atoms with Crippen LogP contribution < -0.4 is 9.64 Å². The van der Waals surface area contributed by atoms with E-state index < -0.39 is 6.10 Å². The zero-order chi connectivity index (χ0) is 22.3. The number of hydrogen-bond acceptors (Lipinski definition) is 3. The lowest BCUT2D eigenvalue weighted by atomic mass is 9.68. The number of rotatable bonds is 3. The standard InChI is InChI=1S/C28H32ClNO2/c1-3-5-26(31)23-10-8-21(23)16-30-17-28(18-32-27-12-7-19(2)14-25(27)30)13-4-6-20-15-22(29)9-11-24(20)28/h7,9,11-12,14-15,21,23,26,31H,4,6,8,10,13,16-18H2,1-2H3/t21-,23+,26+,28-/m0/s1. The Morgan fingerprint density at radius 3 is 2.91 bits per heavy atom. The van der Waals surface area contributed by atoms with Crippen molar-refractivity contribution in [2.24, 2.45) is 11.8 Å². The van der Waals surface area contributed by atoms with Gasteiger partial charge in [-0.2, -0.15) is 0 Å². The van der Waals surface area contributed by atoms with Crippen LogP contribution in [0.1, 0.15) is 49.3 Å². The largest absolute Gasteiger partial charge is 0.490 e. The molecule has 1 heterocycles. The van der Waals surface area contributed by atoms with Gasteiger partial charge in [0.05, 0.1) is 12.3 Å². The molecule has 0 amide bonds. The third-order valence-corrected chi connectivity index (χ3v) is 8.06. The number of hydrogen-bond donors (Lipinski definition) is 1. The molecule has 1 aliphatic heterocycles. The third kappa shape index (κ3) is 3.89. The summed E-state index contributed by atoms with van der Waals surface area (Å²) in [6.45, 7) is 6.49. The Bertz CT molecular complexity index is 1070. The average Bonchev–Trinajstić information content (AvgIpc) is 2.89. The molecule has 2 aliphatic carbocycles. The molecule has 4 atom stereocenters. The van der Waals surface area contributed by atoms with Crippen molar-refractivity contribution in [1.29, 1.82) is 0 Å². The molecule has 5 rings (SSSR count). The van der Waals surface area contributed by atoms with Gasteiger partial charge in [0, 0.05) is 29.4 Å². The maximum Gasteiger partial charge on any atom is 0.142 e. The van der Waals surface area contributed by atoms with E-state index in [1.165, 1.54) is 22.4 Å². The van der Waals surface area contributed by atoms with E-state index in [2.05, 4.69) is 54.0 Å². The van der Waals surface area contributed by atoms with Gasteiger partial charge in [-0.15, -0.1) is 5.92 Å². The number of nitrogens with zero attached hydrogens (tertiary/aromatic N) is 1. The lowest BCUT2D eigenvalue weighted by Gasteiger charge is -2.45. The Balaban J connectivity index is 1.51. The summed E-state index contributed by atoms with van der Waals surface area (Å²) in [7, 11) is 0. The molecule has 168 valence electrons. The number of aliphatic hydroxyl groups is 1. The van der Waals surface area contributed by atoms with Crippen LogP contribution in [0.4, 0.5) is 5.69 Å². The highest BCUT2D eigenvalue weighted by atomic mass is 35.5. The van der Waals surface area contributed by atoms with Gasteiger partial charge < -0.3 is 14.7 Å². The van der Waals surface area contributed by atoms with Gasteiger partial charge in [0.15, 0.2) is 0 Å². The number of benzene rings is 2. The fourth-order valence-electron chi connectivity index (χ4n) is 6.00. The molecule has 0 unspecified atom stereocenters. The number of aryl methyl sites for hydroxylation is 2. The second-order valence-corrected chi connectivity index (χ2v) is 10.4. The first-order valence-electron chi connectivity index (χ1n) is 11.9. The summed E-state index contributed by atoms with van der Waals surface area (Å²) >= 11 is 6.35. The van der Waals surface area contributed by atoms with E-state index in [-0.39, 0.29) is 11.3 Å². The van der Waals surface area contributed by atoms with Crippen molar-refractivity contribution in [3.8, 4) is 17.6 Å². The zero-order valence-corrected chi connectivity index (χ0v) is 19.8. The molecule has 0 saturated heterocycles. The maximum atomic E-state index is 10.5. The van der Waals surface area contributed by atoms with Crippen molar-refractivity contribution in [2.45, 2.75) is 57.5 Å². The van der Waals surface area contributed by atoms with Gasteiger partial charge in [-0.25, -0.2) is 0 Å². The summed E-state index contributed by atoms with van der Waals surface area (Å²) in [6, 6.07) is 12.9. The molecule has 3 aliphatic rings. The van der Waals surface area contributed by atoms with Crippen LogP contribution in [-0.2, 0) is 11.8 Å². The molecule has 2 aromatic rings. The van der Waals surface area contributed by atoms with Crippen LogP contribution in [0.2, 0.25) is 5.02 Å². The first-order chi connectivity index (χ1) is 15.5. The average molecular weight is 450 g/mol. The highest BCUT2D eigenvalue weighted by molar-refractivity contribution is 6.30. The molecule has 1 spiro atoms. The number of aliphatic hydroxyl groups excluding tert-OH is 1.